The minimum Gasteiger partial charge on any atom is -0.135 e. The summed E-state index contributed by atoms with van der Waals surface area (Å²) >= 11 is 3.72. The maximum atomic E-state index is 2.45. The van der Waals surface area contributed by atoms with Gasteiger partial charge in [0.2, 0.25) is 0 Å². The molecule has 244 valence electrons. The van der Waals surface area contributed by atoms with E-state index in [0.29, 0.717) is 0 Å². The van der Waals surface area contributed by atoms with Crippen molar-refractivity contribution in [3.8, 4) is 64.0 Å². The van der Waals surface area contributed by atoms with E-state index in [1.54, 1.807) is 0 Å². The Morgan fingerprint density at radius 1 is 0.250 bits per heavy atom. The molecule has 0 aliphatic heterocycles. The highest BCUT2D eigenvalue weighted by atomic mass is 32.1. The van der Waals surface area contributed by atoms with E-state index >= 15 is 0 Å². The van der Waals surface area contributed by atoms with Crippen molar-refractivity contribution in [3.05, 3.63) is 194 Å². The molecular weight excluding hydrogens is 665 g/mol. The summed E-state index contributed by atoms with van der Waals surface area (Å²) < 4.78 is 0. The molecule has 2 heteroatoms. The molecule has 0 aliphatic rings. The molecule has 2 heterocycles. The van der Waals surface area contributed by atoms with Crippen molar-refractivity contribution in [1.82, 2.24) is 0 Å². The van der Waals surface area contributed by atoms with Crippen LogP contribution in [0.1, 0.15) is 0 Å². The van der Waals surface area contributed by atoms with Crippen molar-refractivity contribution in [2.45, 2.75) is 0 Å². The molecule has 0 saturated heterocycles. The zero-order valence-electron chi connectivity index (χ0n) is 28.3. The summed E-state index contributed by atoms with van der Waals surface area (Å²) in [5, 5.41) is 7.58. The molecule has 0 spiro atoms. The summed E-state index contributed by atoms with van der Waals surface area (Å²) in [7, 11) is 0. The number of hydrogen-bond donors (Lipinski definition) is 0. The van der Waals surface area contributed by atoms with Crippen LogP contribution in [0.4, 0.5) is 0 Å². The van der Waals surface area contributed by atoms with Gasteiger partial charge in [-0.25, -0.2) is 0 Å². The number of thiophene rings is 2. The number of benzene rings is 8. The molecular formula is C50H32S2. The monoisotopic (exact) mass is 696 g/mol. The van der Waals surface area contributed by atoms with Crippen molar-refractivity contribution in [2.75, 3.05) is 0 Å². The summed E-state index contributed by atoms with van der Waals surface area (Å²) in [6.07, 6.45) is 0. The van der Waals surface area contributed by atoms with Gasteiger partial charge in [0.1, 0.15) is 0 Å². The molecule has 10 rings (SSSR count). The average molecular weight is 697 g/mol. The smallest absolute Gasteiger partial charge is 0.0355 e. The molecule has 0 fully saturated rings. The molecule has 0 saturated carbocycles. The van der Waals surface area contributed by atoms with Gasteiger partial charge >= 0.3 is 0 Å². The second-order valence-corrected chi connectivity index (χ2v) is 15.4. The van der Waals surface area contributed by atoms with Crippen molar-refractivity contribution >= 4 is 55.0 Å². The first-order valence-electron chi connectivity index (χ1n) is 17.7. The van der Waals surface area contributed by atoms with Gasteiger partial charge in [-0.05, 0) is 107 Å². The van der Waals surface area contributed by atoms with Crippen LogP contribution >= 0.6 is 22.7 Å². The highest BCUT2D eigenvalue weighted by Crippen LogP contribution is 2.49. The minimum absolute atomic E-state index is 1.23. The van der Waals surface area contributed by atoms with Crippen LogP contribution in [0.25, 0.3) is 96.3 Å². The van der Waals surface area contributed by atoms with Crippen LogP contribution < -0.4 is 0 Å². The van der Waals surface area contributed by atoms with E-state index in [9.17, 15) is 0 Å². The van der Waals surface area contributed by atoms with Gasteiger partial charge in [0.25, 0.3) is 0 Å². The van der Waals surface area contributed by atoms with Crippen LogP contribution in [-0.4, -0.2) is 0 Å². The summed E-state index contributed by atoms with van der Waals surface area (Å²) in [5.41, 5.74) is 10.1. The fourth-order valence-corrected chi connectivity index (χ4v) is 9.82. The molecule has 2 aromatic heterocycles. The molecule has 0 N–H and O–H groups in total. The number of fused-ring (bicyclic) bond motifs is 3. The van der Waals surface area contributed by atoms with Crippen molar-refractivity contribution in [3.63, 3.8) is 0 Å². The van der Waals surface area contributed by atoms with E-state index in [2.05, 4.69) is 194 Å². The summed E-state index contributed by atoms with van der Waals surface area (Å²) in [5.74, 6) is 0. The van der Waals surface area contributed by atoms with E-state index < -0.39 is 0 Å². The molecule has 0 bridgehead atoms. The van der Waals surface area contributed by atoms with E-state index in [1.165, 1.54) is 96.3 Å². The lowest BCUT2D eigenvalue weighted by Gasteiger charge is -2.20. The van der Waals surface area contributed by atoms with Gasteiger partial charge in [0.05, 0.1) is 0 Å². The Hall–Kier alpha value is -6.06. The fourth-order valence-electron chi connectivity index (χ4n) is 7.76. The van der Waals surface area contributed by atoms with Crippen molar-refractivity contribution in [1.29, 1.82) is 0 Å². The minimum atomic E-state index is 1.23. The fraction of sp³-hybridized carbons (Fsp3) is 0. The van der Waals surface area contributed by atoms with E-state index in [4.69, 9.17) is 0 Å². The first-order chi connectivity index (χ1) is 25.8. The molecule has 8 aromatic carbocycles. The molecule has 0 aliphatic carbocycles. The molecule has 0 radical (unpaired) electrons. The normalized spacial score (nSPS) is 11.5. The summed E-state index contributed by atoms with van der Waals surface area (Å²) in [6.45, 7) is 0. The lowest BCUT2D eigenvalue weighted by molar-refractivity contribution is 1.65. The van der Waals surface area contributed by atoms with Crippen LogP contribution in [-0.2, 0) is 0 Å². The second kappa shape index (κ2) is 12.9. The van der Waals surface area contributed by atoms with Crippen LogP contribution in [0, 0.1) is 0 Å². The van der Waals surface area contributed by atoms with Crippen LogP contribution in [0.3, 0.4) is 0 Å². The highest BCUT2D eigenvalue weighted by Gasteiger charge is 2.21. The first-order valence-corrected chi connectivity index (χ1v) is 19.3. The summed E-state index contributed by atoms with van der Waals surface area (Å²) in [4.78, 5) is 5.09. The number of rotatable bonds is 6. The molecule has 0 unspecified atom stereocenters. The van der Waals surface area contributed by atoms with Gasteiger partial charge in [0, 0.05) is 19.5 Å². The quantitative estimate of drug-likeness (QED) is 0.152. The standard InChI is InChI=1S/C50H32S2/c1-3-15-34(16-4-1)45-28-29-47(51-45)36-26-27-38(48-31-30-46(52-48)35-17-5-2-6-18-35)44(32-36)50-42-23-11-9-21-40(42)49(41-22-10-12-24-43(41)50)39-25-13-19-33-14-7-8-20-37(33)39/h1-32H. The summed E-state index contributed by atoms with van der Waals surface area (Å²) in [6, 6.07) is 71.2. The Morgan fingerprint density at radius 2 is 0.692 bits per heavy atom. The van der Waals surface area contributed by atoms with Crippen molar-refractivity contribution in [2.24, 2.45) is 0 Å². The lowest BCUT2D eigenvalue weighted by atomic mass is 9.83. The van der Waals surface area contributed by atoms with Crippen LogP contribution in [0.15, 0.2) is 194 Å². The van der Waals surface area contributed by atoms with Gasteiger partial charge < -0.3 is 0 Å². The Kier molecular flexibility index (Phi) is 7.64. The zero-order valence-corrected chi connectivity index (χ0v) is 29.9. The first kappa shape index (κ1) is 30.7. The SMILES string of the molecule is c1ccc(-c2ccc(-c3ccc(-c4ccc(-c5ccccc5)s4)c(-c4c5ccccc5c(-c5cccc6ccccc56)c5ccccc45)c3)s2)cc1. The predicted molar refractivity (Wildman–Crippen MR) is 227 cm³/mol. The Bertz CT molecular complexity index is 2830. The molecule has 0 amide bonds. The van der Waals surface area contributed by atoms with Gasteiger partial charge in [0.15, 0.2) is 0 Å². The van der Waals surface area contributed by atoms with Crippen molar-refractivity contribution < 1.29 is 0 Å². The lowest BCUT2D eigenvalue weighted by Crippen LogP contribution is -1.93. The van der Waals surface area contributed by atoms with E-state index in [1.807, 2.05) is 22.7 Å². The topological polar surface area (TPSA) is 0 Å². The highest BCUT2D eigenvalue weighted by molar-refractivity contribution is 7.19. The molecule has 10 aromatic rings. The molecule has 0 nitrogen and oxygen atoms in total. The van der Waals surface area contributed by atoms with Crippen LogP contribution in [0.5, 0.6) is 0 Å². The van der Waals surface area contributed by atoms with Gasteiger partial charge in [-0.2, -0.15) is 0 Å². The van der Waals surface area contributed by atoms with E-state index in [-0.39, 0.29) is 0 Å². The largest absolute Gasteiger partial charge is 0.135 e. The van der Waals surface area contributed by atoms with E-state index in [0.717, 1.165) is 0 Å². The third-order valence-corrected chi connectivity index (χ3v) is 12.5. The Morgan fingerprint density at radius 3 is 1.29 bits per heavy atom. The Labute approximate surface area is 311 Å². The maximum absolute atomic E-state index is 2.45. The molecule has 52 heavy (non-hydrogen) atoms. The second-order valence-electron chi connectivity index (χ2n) is 13.2. The average Bonchev–Trinajstić information content (AvgIpc) is 3.92. The van der Waals surface area contributed by atoms with Gasteiger partial charge in [-0.15, -0.1) is 22.7 Å². The zero-order chi connectivity index (χ0) is 34.4. The van der Waals surface area contributed by atoms with Gasteiger partial charge in [-0.1, -0.05) is 164 Å². The third-order valence-electron chi connectivity index (χ3n) is 10.2. The van der Waals surface area contributed by atoms with Gasteiger partial charge in [-0.3, -0.25) is 0 Å². The predicted octanol–water partition coefficient (Wildman–Crippen LogP) is 15.3. The Balaban J connectivity index is 1.26. The number of hydrogen-bond acceptors (Lipinski definition) is 2. The maximum Gasteiger partial charge on any atom is 0.0355 e. The third kappa shape index (κ3) is 5.27. The van der Waals surface area contributed by atoms with Crippen LogP contribution in [0.2, 0.25) is 0 Å². The molecule has 0 atom stereocenters.